The van der Waals surface area contributed by atoms with Crippen molar-refractivity contribution in [2.45, 2.75) is 0 Å². The Labute approximate surface area is 70.0 Å². The summed E-state index contributed by atoms with van der Waals surface area (Å²) in [6.45, 7) is 0. The van der Waals surface area contributed by atoms with E-state index in [0.29, 0.717) is 5.57 Å². The van der Waals surface area contributed by atoms with Crippen molar-refractivity contribution in [3.8, 4) is 0 Å². The van der Waals surface area contributed by atoms with E-state index in [1.54, 1.807) is 24.3 Å². The SMILES string of the molecule is NNC=C1C=CC=CC1C(=O)O. The molecule has 0 aromatic heterocycles. The summed E-state index contributed by atoms with van der Waals surface area (Å²) in [7, 11) is 0. The first-order chi connectivity index (χ1) is 5.75. The lowest BCUT2D eigenvalue weighted by Gasteiger charge is -2.11. The van der Waals surface area contributed by atoms with Crippen LogP contribution in [0.2, 0.25) is 0 Å². The predicted octanol–water partition coefficient (Wildman–Crippen LogP) is 0.160. The van der Waals surface area contributed by atoms with Crippen LogP contribution in [0.4, 0.5) is 0 Å². The molecule has 0 aromatic carbocycles. The molecule has 0 aliphatic heterocycles. The number of carboxylic acids is 1. The third-order valence-corrected chi connectivity index (χ3v) is 1.58. The number of aliphatic carboxylic acids is 1. The highest BCUT2D eigenvalue weighted by atomic mass is 16.4. The van der Waals surface area contributed by atoms with Crippen molar-refractivity contribution < 1.29 is 9.90 Å². The molecule has 4 N–H and O–H groups in total. The van der Waals surface area contributed by atoms with Crippen LogP contribution in [-0.4, -0.2) is 11.1 Å². The van der Waals surface area contributed by atoms with E-state index in [4.69, 9.17) is 10.9 Å². The molecule has 0 spiro atoms. The van der Waals surface area contributed by atoms with Crippen LogP contribution in [0.3, 0.4) is 0 Å². The molecule has 1 rings (SSSR count). The maximum atomic E-state index is 10.6. The number of carbonyl (C=O) groups is 1. The molecule has 1 aliphatic rings. The van der Waals surface area contributed by atoms with Gasteiger partial charge in [0.05, 0.1) is 0 Å². The zero-order valence-electron chi connectivity index (χ0n) is 6.40. The second-order valence-electron chi connectivity index (χ2n) is 2.37. The standard InChI is InChI=1S/C8H10N2O2/c9-10-5-6-3-1-2-4-7(6)8(11)12/h1-5,7,10H,9H2,(H,11,12). The van der Waals surface area contributed by atoms with Gasteiger partial charge in [0.2, 0.25) is 0 Å². The molecule has 0 saturated carbocycles. The maximum Gasteiger partial charge on any atom is 0.314 e. The molecule has 4 nitrogen and oxygen atoms in total. The minimum Gasteiger partial charge on any atom is -0.481 e. The van der Waals surface area contributed by atoms with E-state index >= 15 is 0 Å². The van der Waals surface area contributed by atoms with Crippen molar-refractivity contribution in [1.82, 2.24) is 5.43 Å². The van der Waals surface area contributed by atoms with Gasteiger partial charge in [-0.15, -0.1) is 0 Å². The average molecular weight is 166 g/mol. The van der Waals surface area contributed by atoms with Crippen LogP contribution < -0.4 is 11.3 Å². The summed E-state index contributed by atoms with van der Waals surface area (Å²) in [6, 6.07) is 0. The lowest BCUT2D eigenvalue weighted by atomic mass is 9.96. The minimum atomic E-state index is -0.878. The van der Waals surface area contributed by atoms with Gasteiger partial charge in [0.15, 0.2) is 0 Å². The summed E-state index contributed by atoms with van der Waals surface area (Å²) < 4.78 is 0. The molecule has 12 heavy (non-hydrogen) atoms. The van der Waals surface area contributed by atoms with Crippen molar-refractivity contribution in [3.05, 3.63) is 36.1 Å². The molecule has 0 radical (unpaired) electrons. The van der Waals surface area contributed by atoms with Crippen LogP contribution in [0.25, 0.3) is 0 Å². The van der Waals surface area contributed by atoms with Crippen molar-refractivity contribution >= 4 is 5.97 Å². The van der Waals surface area contributed by atoms with E-state index in [1.165, 1.54) is 6.20 Å². The summed E-state index contributed by atoms with van der Waals surface area (Å²) in [5.74, 6) is 3.58. The van der Waals surface area contributed by atoms with E-state index in [0.717, 1.165) is 0 Å². The Morgan fingerprint density at radius 1 is 1.67 bits per heavy atom. The fourth-order valence-electron chi connectivity index (χ4n) is 1.02. The Balaban J connectivity index is 2.85. The first kappa shape index (κ1) is 8.55. The highest BCUT2D eigenvalue weighted by Gasteiger charge is 2.18. The topological polar surface area (TPSA) is 75.3 Å². The average Bonchev–Trinajstić information content (AvgIpc) is 2.05. The van der Waals surface area contributed by atoms with Crippen LogP contribution >= 0.6 is 0 Å². The quantitative estimate of drug-likeness (QED) is 0.403. The summed E-state index contributed by atoms with van der Waals surface area (Å²) in [4.78, 5) is 10.6. The Kier molecular flexibility index (Phi) is 2.66. The summed E-state index contributed by atoms with van der Waals surface area (Å²) in [6.07, 6.45) is 8.25. The van der Waals surface area contributed by atoms with Gasteiger partial charge in [-0.1, -0.05) is 24.3 Å². The molecule has 0 amide bonds. The van der Waals surface area contributed by atoms with Gasteiger partial charge >= 0.3 is 5.97 Å². The molecule has 1 aliphatic carbocycles. The highest BCUT2D eigenvalue weighted by Crippen LogP contribution is 2.17. The number of rotatable bonds is 2. The lowest BCUT2D eigenvalue weighted by molar-refractivity contribution is -0.138. The van der Waals surface area contributed by atoms with Crippen LogP contribution in [-0.2, 0) is 4.79 Å². The molecule has 64 valence electrons. The maximum absolute atomic E-state index is 10.6. The largest absolute Gasteiger partial charge is 0.481 e. The normalized spacial score (nSPS) is 24.4. The number of nitrogens with one attached hydrogen (secondary N) is 1. The molecule has 0 fully saturated rings. The molecule has 1 atom stereocenters. The summed E-state index contributed by atoms with van der Waals surface area (Å²) in [5, 5.41) is 8.74. The smallest absolute Gasteiger partial charge is 0.314 e. The number of hydrogen-bond donors (Lipinski definition) is 3. The fraction of sp³-hybridized carbons (Fsp3) is 0.125. The number of hydrogen-bond acceptors (Lipinski definition) is 3. The Morgan fingerprint density at radius 2 is 2.42 bits per heavy atom. The minimum absolute atomic E-state index is 0.592. The van der Waals surface area contributed by atoms with E-state index in [2.05, 4.69) is 5.43 Å². The second-order valence-corrected chi connectivity index (χ2v) is 2.37. The van der Waals surface area contributed by atoms with E-state index in [9.17, 15) is 4.79 Å². The summed E-state index contributed by atoms with van der Waals surface area (Å²) >= 11 is 0. The van der Waals surface area contributed by atoms with Crippen molar-refractivity contribution in [2.75, 3.05) is 0 Å². The second kappa shape index (κ2) is 3.73. The third-order valence-electron chi connectivity index (χ3n) is 1.58. The van der Waals surface area contributed by atoms with Crippen molar-refractivity contribution in [2.24, 2.45) is 11.8 Å². The molecule has 4 heteroatoms. The third kappa shape index (κ3) is 1.73. The molecule has 0 bridgehead atoms. The lowest BCUT2D eigenvalue weighted by Crippen LogP contribution is -2.20. The zero-order chi connectivity index (χ0) is 8.97. The molecule has 1 unspecified atom stereocenters. The monoisotopic (exact) mass is 166 g/mol. The van der Waals surface area contributed by atoms with Crippen LogP contribution in [0.15, 0.2) is 36.1 Å². The van der Waals surface area contributed by atoms with Crippen LogP contribution in [0.1, 0.15) is 0 Å². The predicted molar refractivity (Wildman–Crippen MR) is 44.8 cm³/mol. The molecule has 0 saturated heterocycles. The van der Waals surface area contributed by atoms with E-state index < -0.39 is 11.9 Å². The molecular formula is C8H10N2O2. The van der Waals surface area contributed by atoms with Gasteiger partial charge in [-0.25, -0.2) is 0 Å². The van der Waals surface area contributed by atoms with Gasteiger partial charge in [0.25, 0.3) is 0 Å². The van der Waals surface area contributed by atoms with Crippen LogP contribution in [0, 0.1) is 5.92 Å². The van der Waals surface area contributed by atoms with Gasteiger partial charge in [-0.2, -0.15) is 0 Å². The van der Waals surface area contributed by atoms with Gasteiger partial charge < -0.3 is 10.5 Å². The fourth-order valence-corrected chi connectivity index (χ4v) is 1.02. The number of nitrogens with two attached hydrogens (primary N) is 1. The Hall–Kier alpha value is -1.55. The van der Waals surface area contributed by atoms with Crippen molar-refractivity contribution in [3.63, 3.8) is 0 Å². The number of carboxylic acid groups (broad SMARTS) is 1. The zero-order valence-corrected chi connectivity index (χ0v) is 6.40. The number of hydrazine groups is 1. The van der Waals surface area contributed by atoms with Gasteiger partial charge in [-0.05, 0) is 5.57 Å². The van der Waals surface area contributed by atoms with Crippen LogP contribution in [0.5, 0.6) is 0 Å². The summed E-state index contributed by atoms with van der Waals surface area (Å²) in [5.41, 5.74) is 2.96. The van der Waals surface area contributed by atoms with Crippen molar-refractivity contribution in [1.29, 1.82) is 0 Å². The number of allylic oxidation sites excluding steroid dienone is 3. The van der Waals surface area contributed by atoms with E-state index in [1.807, 2.05) is 0 Å². The first-order valence-corrected chi connectivity index (χ1v) is 3.49. The van der Waals surface area contributed by atoms with E-state index in [-0.39, 0.29) is 0 Å². The molecule has 0 aromatic rings. The molecule has 0 heterocycles. The van der Waals surface area contributed by atoms with Gasteiger partial charge in [0, 0.05) is 6.20 Å². The Bertz CT molecular complexity index is 266. The Morgan fingerprint density at radius 3 is 3.00 bits per heavy atom. The first-order valence-electron chi connectivity index (χ1n) is 3.49. The highest BCUT2D eigenvalue weighted by molar-refractivity contribution is 5.77. The van der Waals surface area contributed by atoms with Gasteiger partial charge in [0.1, 0.15) is 5.92 Å². The van der Waals surface area contributed by atoms with Gasteiger partial charge in [-0.3, -0.25) is 10.6 Å². The molecular weight excluding hydrogens is 156 g/mol.